The Kier molecular flexibility index (Phi) is 4.06. The fourth-order valence-corrected chi connectivity index (χ4v) is 3.46. The Morgan fingerprint density at radius 2 is 2.04 bits per heavy atom. The number of nitrogens with one attached hydrogen (secondary N) is 1. The average Bonchev–Trinajstić information content (AvgIpc) is 3.03. The van der Waals surface area contributed by atoms with Gasteiger partial charge >= 0.3 is 0 Å². The number of hydrogen-bond donors (Lipinski definition) is 1. The normalized spacial score (nSPS) is 15.6. The molecule has 4 rings (SSSR count). The minimum atomic E-state index is -0.145. The molecule has 0 saturated carbocycles. The fourth-order valence-electron chi connectivity index (χ4n) is 3.46. The maximum atomic E-state index is 12.2. The van der Waals surface area contributed by atoms with Gasteiger partial charge in [0.1, 0.15) is 17.5 Å². The monoisotopic (exact) mass is 354 g/mol. The number of H-pyrrole nitrogens is 1. The zero-order chi connectivity index (χ0) is 18.3. The molecule has 3 aromatic heterocycles. The summed E-state index contributed by atoms with van der Waals surface area (Å²) in [5, 5.41) is 4.63. The molecule has 0 aromatic carbocycles. The number of aryl methyl sites for hydroxylation is 2. The summed E-state index contributed by atoms with van der Waals surface area (Å²) in [6.07, 6.45) is 5.09. The molecule has 26 heavy (non-hydrogen) atoms. The van der Waals surface area contributed by atoms with Crippen LogP contribution >= 0.6 is 0 Å². The van der Waals surface area contributed by atoms with E-state index in [-0.39, 0.29) is 5.56 Å². The van der Waals surface area contributed by atoms with Gasteiger partial charge in [-0.2, -0.15) is 10.1 Å². The number of nitrogens with zero attached hydrogens (tertiary/aromatic N) is 7. The van der Waals surface area contributed by atoms with Crippen LogP contribution in [-0.4, -0.2) is 55.9 Å². The molecule has 0 bridgehead atoms. The number of aromatic amines is 1. The number of fused-ring (bicyclic) bond motifs is 1. The minimum absolute atomic E-state index is 0.145. The van der Waals surface area contributed by atoms with Crippen molar-refractivity contribution in [2.45, 2.75) is 25.8 Å². The van der Waals surface area contributed by atoms with Gasteiger partial charge in [0, 0.05) is 45.0 Å². The first-order valence-electron chi connectivity index (χ1n) is 8.71. The van der Waals surface area contributed by atoms with Gasteiger partial charge in [-0.05, 0) is 19.8 Å². The van der Waals surface area contributed by atoms with Crippen molar-refractivity contribution in [1.82, 2.24) is 29.7 Å². The standard InChI is InChI=1S/C17H22N8O/c1-11-8-14(19-10-18-11)23(2)12-4-6-25(7-5-12)17-21-15-13(16(26)22-17)9-20-24(15)3/h8-10,12H,4-7H2,1-3H3,(H,21,22,26). The van der Waals surface area contributed by atoms with E-state index in [0.29, 0.717) is 23.0 Å². The molecule has 1 aliphatic heterocycles. The highest BCUT2D eigenvalue weighted by molar-refractivity contribution is 5.74. The lowest BCUT2D eigenvalue weighted by atomic mass is 10.0. The Morgan fingerprint density at radius 1 is 1.27 bits per heavy atom. The molecule has 1 N–H and O–H groups in total. The molecule has 136 valence electrons. The first-order valence-corrected chi connectivity index (χ1v) is 8.71. The lowest BCUT2D eigenvalue weighted by Gasteiger charge is -2.37. The summed E-state index contributed by atoms with van der Waals surface area (Å²) in [7, 11) is 3.87. The summed E-state index contributed by atoms with van der Waals surface area (Å²) in [5.41, 5.74) is 1.43. The Hall–Kier alpha value is -2.97. The summed E-state index contributed by atoms with van der Waals surface area (Å²) >= 11 is 0. The van der Waals surface area contributed by atoms with Crippen molar-refractivity contribution in [3.05, 3.63) is 34.6 Å². The third-order valence-corrected chi connectivity index (χ3v) is 5.05. The van der Waals surface area contributed by atoms with E-state index in [0.717, 1.165) is 37.4 Å². The van der Waals surface area contributed by atoms with Crippen molar-refractivity contribution in [2.24, 2.45) is 7.05 Å². The van der Waals surface area contributed by atoms with E-state index in [4.69, 9.17) is 0 Å². The number of hydrogen-bond acceptors (Lipinski definition) is 7. The maximum absolute atomic E-state index is 12.2. The smallest absolute Gasteiger partial charge is 0.263 e. The highest BCUT2D eigenvalue weighted by Gasteiger charge is 2.25. The molecule has 0 radical (unpaired) electrons. The van der Waals surface area contributed by atoms with Gasteiger partial charge in [0.15, 0.2) is 5.65 Å². The van der Waals surface area contributed by atoms with Gasteiger partial charge in [0.05, 0.1) is 6.20 Å². The predicted octanol–water partition coefficient (Wildman–Crippen LogP) is 0.860. The van der Waals surface area contributed by atoms with Gasteiger partial charge in [0.25, 0.3) is 5.56 Å². The summed E-state index contributed by atoms with van der Waals surface area (Å²) < 4.78 is 1.63. The van der Waals surface area contributed by atoms with E-state index >= 15 is 0 Å². The van der Waals surface area contributed by atoms with Crippen molar-refractivity contribution < 1.29 is 0 Å². The van der Waals surface area contributed by atoms with Gasteiger partial charge in [0.2, 0.25) is 5.95 Å². The van der Waals surface area contributed by atoms with E-state index in [9.17, 15) is 4.79 Å². The topological polar surface area (TPSA) is 95.8 Å². The molecule has 1 fully saturated rings. The van der Waals surface area contributed by atoms with E-state index in [1.54, 1.807) is 24.3 Å². The van der Waals surface area contributed by atoms with Crippen LogP contribution in [0, 0.1) is 6.92 Å². The second-order valence-corrected chi connectivity index (χ2v) is 6.74. The molecule has 3 aromatic rings. The Balaban J connectivity index is 1.50. The molecule has 0 amide bonds. The number of rotatable bonds is 3. The summed E-state index contributed by atoms with van der Waals surface area (Å²) in [6, 6.07) is 2.40. The first-order chi connectivity index (χ1) is 12.5. The van der Waals surface area contributed by atoms with Crippen LogP contribution in [0.1, 0.15) is 18.5 Å². The fraction of sp³-hybridized carbons (Fsp3) is 0.471. The largest absolute Gasteiger partial charge is 0.356 e. The maximum Gasteiger partial charge on any atom is 0.263 e. The molecule has 0 atom stereocenters. The first kappa shape index (κ1) is 16.5. The van der Waals surface area contributed by atoms with Gasteiger partial charge in [-0.15, -0.1) is 0 Å². The highest BCUT2D eigenvalue weighted by atomic mass is 16.1. The molecule has 9 heteroatoms. The molecule has 0 aliphatic carbocycles. The third kappa shape index (κ3) is 2.89. The second kappa shape index (κ2) is 6.40. The van der Waals surface area contributed by atoms with Crippen molar-refractivity contribution in [3.63, 3.8) is 0 Å². The average molecular weight is 354 g/mol. The van der Waals surface area contributed by atoms with Crippen LogP contribution in [0.25, 0.3) is 11.0 Å². The van der Waals surface area contributed by atoms with Gasteiger partial charge < -0.3 is 9.80 Å². The van der Waals surface area contributed by atoms with E-state index in [1.165, 1.54) is 0 Å². The molecule has 0 unspecified atom stereocenters. The van der Waals surface area contributed by atoms with Crippen LogP contribution in [0.4, 0.5) is 11.8 Å². The van der Waals surface area contributed by atoms with E-state index in [1.807, 2.05) is 13.0 Å². The molecular formula is C17H22N8O. The SMILES string of the molecule is Cc1cc(N(C)C2CCN(c3nc4c(cnn4C)c(=O)[nH]3)CC2)ncn1. The van der Waals surface area contributed by atoms with Crippen LogP contribution in [0.2, 0.25) is 0 Å². The molecule has 9 nitrogen and oxygen atoms in total. The zero-order valence-electron chi connectivity index (χ0n) is 15.2. The van der Waals surface area contributed by atoms with Crippen molar-refractivity contribution in [3.8, 4) is 0 Å². The van der Waals surface area contributed by atoms with Gasteiger partial charge in [-0.1, -0.05) is 0 Å². The van der Waals surface area contributed by atoms with Crippen LogP contribution < -0.4 is 15.4 Å². The van der Waals surface area contributed by atoms with Crippen LogP contribution in [0.5, 0.6) is 0 Å². The quantitative estimate of drug-likeness (QED) is 0.745. The minimum Gasteiger partial charge on any atom is -0.356 e. The van der Waals surface area contributed by atoms with Crippen LogP contribution in [0.15, 0.2) is 23.4 Å². The van der Waals surface area contributed by atoms with Crippen molar-refractivity contribution in [2.75, 3.05) is 29.9 Å². The lowest BCUT2D eigenvalue weighted by molar-refractivity contribution is 0.475. The highest BCUT2D eigenvalue weighted by Crippen LogP contribution is 2.23. The Bertz CT molecular complexity index is 986. The third-order valence-electron chi connectivity index (χ3n) is 5.05. The zero-order valence-corrected chi connectivity index (χ0v) is 15.2. The molecule has 1 saturated heterocycles. The second-order valence-electron chi connectivity index (χ2n) is 6.74. The lowest BCUT2D eigenvalue weighted by Crippen LogP contribution is -2.44. The van der Waals surface area contributed by atoms with Gasteiger partial charge in [-0.25, -0.2) is 9.97 Å². The molecule has 4 heterocycles. The number of aromatic nitrogens is 6. The summed E-state index contributed by atoms with van der Waals surface area (Å²) in [5.74, 6) is 1.56. The number of anilines is 2. The summed E-state index contributed by atoms with van der Waals surface area (Å²) in [6.45, 7) is 3.62. The Labute approximate surface area is 150 Å². The van der Waals surface area contributed by atoms with Gasteiger partial charge in [-0.3, -0.25) is 14.5 Å². The van der Waals surface area contributed by atoms with Crippen molar-refractivity contribution >= 4 is 22.8 Å². The number of piperidine rings is 1. The van der Waals surface area contributed by atoms with Crippen molar-refractivity contribution in [1.29, 1.82) is 0 Å². The van der Waals surface area contributed by atoms with Crippen LogP contribution in [0.3, 0.4) is 0 Å². The summed E-state index contributed by atoms with van der Waals surface area (Å²) in [4.78, 5) is 32.6. The van der Waals surface area contributed by atoms with E-state index < -0.39 is 0 Å². The Morgan fingerprint density at radius 3 is 2.77 bits per heavy atom. The molecular weight excluding hydrogens is 332 g/mol. The molecule has 1 aliphatic rings. The molecule has 0 spiro atoms. The van der Waals surface area contributed by atoms with E-state index in [2.05, 4.69) is 41.9 Å². The predicted molar refractivity (Wildman–Crippen MR) is 99.5 cm³/mol. The van der Waals surface area contributed by atoms with Crippen LogP contribution in [-0.2, 0) is 7.05 Å².